The molecule has 0 radical (unpaired) electrons. The zero-order valence-corrected chi connectivity index (χ0v) is 13.1. The van der Waals surface area contributed by atoms with Gasteiger partial charge in [-0.1, -0.05) is 24.6 Å². The van der Waals surface area contributed by atoms with Gasteiger partial charge in [0.05, 0.1) is 20.6 Å². The van der Waals surface area contributed by atoms with Crippen molar-refractivity contribution in [1.82, 2.24) is 4.98 Å². The van der Waals surface area contributed by atoms with Crippen LogP contribution in [-0.4, -0.2) is 4.98 Å². The van der Waals surface area contributed by atoms with Crippen LogP contribution in [0.2, 0.25) is 0 Å². The second kappa shape index (κ2) is 4.89. The lowest BCUT2D eigenvalue weighted by atomic mass is 10.0. The SMILES string of the molecule is CC1CC=c2cc(-c3ncc(Br)s3)c(=O)oc2=C1Cl. The van der Waals surface area contributed by atoms with Crippen molar-refractivity contribution in [3.63, 3.8) is 0 Å². The van der Waals surface area contributed by atoms with E-state index < -0.39 is 5.63 Å². The predicted octanol–water partition coefficient (Wildman–Crippen LogP) is 2.69. The molecule has 1 atom stereocenters. The number of thiazole rings is 1. The quantitative estimate of drug-likeness (QED) is 0.787. The van der Waals surface area contributed by atoms with Crippen LogP contribution >= 0.6 is 38.9 Å². The Labute approximate surface area is 126 Å². The van der Waals surface area contributed by atoms with E-state index in [1.807, 2.05) is 13.0 Å². The molecule has 3 nitrogen and oxygen atoms in total. The summed E-state index contributed by atoms with van der Waals surface area (Å²) in [6.45, 7) is 2.01. The van der Waals surface area contributed by atoms with Crippen molar-refractivity contribution in [3.05, 3.63) is 37.1 Å². The highest BCUT2D eigenvalue weighted by atomic mass is 79.9. The third kappa shape index (κ3) is 2.30. The maximum absolute atomic E-state index is 12.1. The van der Waals surface area contributed by atoms with Crippen molar-refractivity contribution in [2.24, 2.45) is 5.92 Å². The molecule has 0 spiro atoms. The summed E-state index contributed by atoms with van der Waals surface area (Å²) in [5.41, 5.74) is 0.566. The van der Waals surface area contributed by atoms with Crippen molar-refractivity contribution in [3.8, 4) is 10.6 Å². The van der Waals surface area contributed by atoms with Crippen LogP contribution in [0, 0.1) is 5.92 Å². The van der Waals surface area contributed by atoms with Crippen LogP contribution in [0.1, 0.15) is 13.3 Å². The van der Waals surface area contributed by atoms with Gasteiger partial charge < -0.3 is 4.42 Å². The van der Waals surface area contributed by atoms with Crippen LogP contribution in [0.25, 0.3) is 21.7 Å². The van der Waals surface area contributed by atoms with E-state index >= 15 is 0 Å². The van der Waals surface area contributed by atoms with Gasteiger partial charge in [-0.3, -0.25) is 0 Å². The molecule has 0 fully saturated rings. The van der Waals surface area contributed by atoms with Gasteiger partial charge in [0.1, 0.15) is 5.01 Å². The van der Waals surface area contributed by atoms with E-state index in [2.05, 4.69) is 20.9 Å². The van der Waals surface area contributed by atoms with Gasteiger partial charge in [0, 0.05) is 5.22 Å². The van der Waals surface area contributed by atoms with Crippen molar-refractivity contribution in [1.29, 1.82) is 0 Å². The standard InChI is InChI=1S/C13H9BrClNO2S/c1-6-2-3-7-4-8(12-16-5-9(14)19-12)13(17)18-11(7)10(6)15/h3-6H,2H2,1H3. The van der Waals surface area contributed by atoms with E-state index in [9.17, 15) is 4.79 Å². The lowest BCUT2D eigenvalue weighted by Gasteiger charge is -2.11. The summed E-state index contributed by atoms with van der Waals surface area (Å²) in [6, 6.07) is 1.81. The predicted molar refractivity (Wildman–Crippen MR) is 80.5 cm³/mol. The molecule has 2 aromatic heterocycles. The number of hydrogen-bond acceptors (Lipinski definition) is 4. The van der Waals surface area contributed by atoms with E-state index in [4.69, 9.17) is 16.0 Å². The molecular formula is C13H9BrClNO2S. The molecule has 1 aliphatic rings. The van der Waals surface area contributed by atoms with Crippen LogP contribution < -0.4 is 16.3 Å². The van der Waals surface area contributed by atoms with E-state index in [1.54, 1.807) is 12.3 Å². The Hall–Kier alpha value is -0.910. The lowest BCUT2D eigenvalue weighted by molar-refractivity contribution is 0.467. The van der Waals surface area contributed by atoms with Gasteiger partial charge >= 0.3 is 5.63 Å². The zero-order chi connectivity index (χ0) is 13.6. The Bertz CT molecular complexity index is 824. The Morgan fingerprint density at radius 2 is 2.37 bits per heavy atom. The number of halogens is 2. The molecule has 0 saturated heterocycles. The van der Waals surface area contributed by atoms with Crippen molar-refractivity contribution in [2.45, 2.75) is 13.3 Å². The molecule has 98 valence electrons. The van der Waals surface area contributed by atoms with Crippen LogP contribution in [0.3, 0.4) is 0 Å². The molecule has 3 rings (SSSR count). The molecule has 0 aromatic carbocycles. The Morgan fingerprint density at radius 3 is 3.05 bits per heavy atom. The molecule has 6 heteroatoms. The zero-order valence-electron chi connectivity index (χ0n) is 9.94. The summed E-state index contributed by atoms with van der Waals surface area (Å²) >= 11 is 11.0. The van der Waals surface area contributed by atoms with Crippen LogP contribution in [0.5, 0.6) is 0 Å². The molecule has 1 aliphatic carbocycles. The molecule has 0 N–H and O–H groups in total. The van der Waals surface area contributed by atoms with Crippen LogP contribution in [0.15, 0.2) is 25.3 Å². The summed E-state index contributed by atoms with van der Waals surface area (Å²) in [6.07, 6.45) is 4.56. The van der Waals surface area contributed by atoms with E-state index in [0.717, 1.165) is 15.4 Å². The summed E-state index contributed by atoms with van der Waals surface area (Å²) in [7, 11) is 0. The number of fused-ring (bicyclic) bond motifs is 1. The van der Waals surface area contributed by atoms with Crippen molar-refractivity contribution >= 4 is 50.0 Å². The van der Waals surface area contributed by atoms with E-state index in [1.165, 1.54) is 11.3 Å². The third-order valence-corrected chi connectivity index (χ3v) is 5.08. The summed E-state index contributed by atoms with van der Waals surface area (Å²) in [4.78, 5) is 16.2. The molecule has 19 heavy (non-hydrogen) atoms. The van der Waals surface area contributed by atoms with Gasteiger partial charge in [0.15, 0.2) is 5.42 Å². The van der Waals surface area contributed by atoms with Gasteiger partial charge in [0.2, 0.25) is 0 Å². The highest BCUT2D eigenvalue weighted by Gasteiger charge is 2.16. The summed E-state index contributed by atoms with van der Waals surface area (Å²) < 4.78 is 6.25. The van der Waals surface area contributed by atoms with Gasteiger partial charge in [-0.05, 0) is 34.3 Å². The average molecular weight is 359 g/mol. The first-order valence-corrected chi connectivity index (χ1v) is 7.71. The van der Waals surface area contributed by atoms with Gasteiger partial charge in [0.25, 0.3) is 0 Å². The first-order valence-electron chi connectivity index (χ1n) is 5.72. The second-order valence-electron chi connectivity index (χ2n) is 4.39. The molecule has 1 unspecified atom stereocenters. The minimum Gasteiger partial charge on any atom is -0.421 e. The molecule has 2 aromatic rings. The lowest BCUT2D eigenvalue weighted by Crippen LogP contribution is -2.34. The van der Waals surface area contributed by atoms with Crippen molar-refractivity contribution in [2.75, 3.05) is 0 Å². The average Bonchev–Trinajstić information content (AvgIpc) is 2.81. The molecule has 2 heterocycles. The minimum absolute atomic E-state index is 0.192. The molecular weight excluding hydrogens is 350 g/mol. The first-order chi connectivity index (χ1) is 9.06. The molecule has 0 bridgehead atoms. The normalized spacial score (nSPS) is 18.1. The van der Waals surface area contributed by atoms with Crippen molar-refractivity contribution < 1.29 is 4.42 Å². The molecule has 0 saturated carbocycles. The van der Waals surface area contributed by atoms with Gasteiger partial charge in [-0.2, -0.15) is 0 Å². The Kier molecular flexibility index (Phi) is 3.37. The number of aromatic nitrogens is 1. The Balaban J connectivity index is 2.31. The highest BCUT2D eigenvalue weighted by molar-refractivity contribution is 9.11. The molecule has 0 aliphatic heterocycles. The monoisotopic (exact) mass is 357 g/mol. The number of rotatable bonds is 1. The largest absolute Gasteiger partial charge is 0.421 e. The fraction of sp³-hybridized carbons (Fsp3) is 0.231. The maximum Gasteiger partial charge on any atom is 0.346 e. The molecule has 0 amide bonds. The fourth-order valence-corrected chi connectivity index (χ4v) is 3.43. The maximum atomic E-state index is 12.1. The minimum atomic E-state index is -0.402. The van der Waals surface area contributed by atoms with Gasteiger partial charge in [-0.15, -0.1) is 11.3 Å². The van der Waals surface area contributed by atoms with Gasteiger partial charge in [-0.25, -0.2) is 9.78 Å². The number of nitrogens with zero attached hydrogens (tertiary/aromatic N) is 1. The Morgan fingerprint density at radius 1 is 1.58 bits per heavy atom. The first kappa shape index (κ1) is 13.1. The highest BCUT2D eigenvalue weighted by Crippen LogP contribution is 2.26. The smallest absolute Gasteiger partial charge is 0.346 e. The van der Waals surface area contributed by atoms with Crippen LogP contribution in [0.4, 0.5) is 0 Å². The van der Waals surface area contributed by atoms with E-state index in [0.29, 0.717) is 21.0 Å². The fourth-order valence-electron chi connectivity index (χ4n) is 1.98. The topological polar surface area (TPSA) is 43.1 Å². The third-order valence-electron chi connectivity index (χ3n) is 3.03. The van der Waals surface area contributed by atoms with E-state index in [-0.39, 0.29) is 5.92 Å². The summed E-state index contributed by atoms with van der Waals surface area (Å²) in [5, 5.41) is 2.12. The summed E-state index contributed by atoms with van der Waals surface area (Å²) in [5.74, 6) is 0.192. The second-order valence-corrected chi connectivity index (χ2v) is 7.21. The number of hydrogen-bond donors (Lipinski definition) is 0. The van der Waals surface area contributed by atoms with Crippen LogP contribution in [-0.2, 0) is 0 Å².